The number of hydrogen-bond acceptors (Lipinski definition) is 3. The Hall–Kier alpha value is -3.08. The Morgan fingerprint density at radius 1 is 1.21 bits per heavy atom. The molecule has 0 radical (unpaired) electrons. The van der Waals surface area contributed by atoms with Gasteiger partial charge in [0.1, 0.15) is 11.4 Å². The third-order valence-corrected chi connectivity index (χ3v) is 5.86. The van der Waals surface area contributed by atoms with Gasteiger partial charge in [-0.15, -0.1) is 0 Å². The standard InChI is InChI=1S/C24H27N3O2/c1-17-5-2-3-7-19(17)9-8-18-6-4-14-27(16-18)24(29)23-15-22(25-26-23)20-10-12-21(28)13-11-20/h2-3,5,7,10-13,15,18,28H,4,6,8-9,14,16H2,1H3,(H,25,26)/t18-/m1/s1. The normalized spacial score (nSPS) is 16.7. The Balaban J connectivity index is 1.38. The van der Waals surface area contributed by atoms with E-state index in [1.807, 2.05) is 4.90 Å². The van der Waals surface area contributed by atoms with E-state index in [0.29, 0.717) is 17.3 Å². The van der Waals surface area contributed by atoms with Crippen molar-refractivity contribution in [3.8, 4) is 17.0 Å². The number of benzene rings is 2. The first kappa shape index (κ1) is 19.2. The lowest BCUT2D eigenvalue weighted by molar-refractivity contribution is 0.0662. The van der Waals surface area contributed by atoms with Crippen molar-refractivity contribution in [2.45, 2.75) is 32.6 Å². The second-order valence-corrected chi connectivity index (χ2v) is 7.94. The van der Waals surface area contributed by atoms with E-state index in [-0.39, 0.29) is 11.7 Å². The number of aryl methyl sites for hydroxylation is 2. The van der Waals surface area contributed by atoms with Crippen LogP contribution in [0.2, 0.25) is 0 Å². The molecule has 5 heteroatoms. The van der Waals surface area contributed by atoms with Crippen LogP contribution in [0.5, 0.6) is 5.75 Å². The number of piperidine rings is 1. The van der Waals surface area contributed by atoms with Crippen LogP contribution in [0.1, 0.15) is 40.9 Å². The van der Waals surface area contributed by atoms with Gasteiger partial charge in [-0.25, -0.2) is 0 Å². The molecular weight excluding hydrogens is 362 g/mol. The van der Waals surface area contributed by atoms with Crippen molar-refractivity contribution in [2.24, 2.45) is 5.92 Å². The van der Waals surface area contributed by atoms with Gasteiger partial charge < -0.3 is 10.0 Å². The van der Waals surface area contributed by atoms with E-state index in [9.17, 15) is 9.90 Å². The van der Waals surface area contributed by atoms with E-state index in [2.05, 4.69) is 41.4 Å². The number of phenolic OH excluding ortho intramolecular Hbond substituents is 1. The fraction of sp³-hybridized carbons (Fsp3) is 0.333. The Morgan fingerprint density at radius 3 is 2.79 bits per heavy atom. The number of phenols is 1. The monoisotopic (exact) mass is 389 g/mol. The molecule has 1 aromatic heterocycles. The Labute approximate surface area is 171 Å². The van der Waals surface area contributed by atoms with Crippen LogP contribution >= 0.6 is 0 Å². The van der Waals surface area contributed by atoms with Crippen molar-refractivity contribution in [3.63, 3.8) is 0 Å². The number of carbonyl (C=O) groups is 1. The first-order valence-corrected chi connectivity index (χ1v) is 10.3. The maximum Gasteiger partial charge on any atom is 0.271 e. The van der Waals surface area contributed by atoms with Crippen molar-refractivity contribution >= 4 is 5.91 Å². The van der Waals surface area contributed by atoms with Gasteiger partial charge in [0.25, 0.3) is 5.91 Å². The van der Waals surface area contributed by atoms with Gasteiger partial charge in [-0.05, 0) is 80.0 Å². The first-order chi connectivity index (χ1) is 14.1. The van der Waals surface area contributed by atoms with Crippen LogP contribution in [-0.2, 0) is 6.42 Å². The van der Waals surface area contributed by atoms with Crippen LogP contribution in [0.3, 0.4) is 0 Å². The van der Waals surface area contributed by atoms with Crippen LogP contribution < -0.4 is 0 Å². The molecule has 1 amide bonds. The number of amides is 1. The van der Waals surface area contributed by atoms with Gasteiger partial charge >= 0.3 is 0 Å². The molecule has 4 rings (SSSR count). The zero-order valence-corrected chi connectivity index (χ0v) is 16.8. The molecule has 0 saturated carbocycles. The van der Waals surface area contributed by atoms with Crippen LogP contribution in [0.25, 0.3) is 11.3 Å². The Bertz CT molecular complexity index is 978. The van der Waals surface area contributed by atoms with E-state index in [4.69, 9.17) is 0 Å². The van der Waals surface area contributed by atoms with E-state index in [0.717, 1.165) is 37.9 Å². The number of H-pyrrole nitrogens is 1. The highest BCUT2D eigenvalue weighted by Crippen LogP contribution is 2.25. The number of nitrogens with one attached hydrogen (secondary N) is 1. The van der Waals surface area contributed by atoms with Crippen molar-refractivity contribution in [3.05, 3.63) is 71.4 Å². The molecule has 2 aromatic carbocycles. The number of carbonyl (C=O) groups excluding carboxylic acids is 1. The summed E-state index contributed by atoms with van der Waals surface area (Å²) in [5.41, 5.74) is 4.85. The van der Waals surface area contributed by atoms with Gasteiger partial charge in [0.2, 0.25) is 0 Å². The lowest BCUT2D eigenvalue weighted by atomic mass is 9.90. The smallest absolute Gasteiger partial charge is 0.271 e. The maximum absolute atomic E-state index is 13.0. The third-order valence-electron chi connectivity index (χ3n) is 5.86. The van der Waals surface area contributed by atoms with Gasteiger partial charge in [-0.3, -0.25) is 9.89 Å². The molecule has 0 spiro atoms. The molecule has 1 aliphatic heterocycles. The quantitative estimate of drug-likeness (QED) is 0.671. The number of aromatic hydroxyl groups is 1. The predicted molar refractivity (Wildman–Crippen MR) is 114 cm³/mol. The summed E-state index contributed by atoms with van der Waals surface area (Å²) < 4.78 is 0. The highest BCUT2D eigenvalue weighted by molar-refractivity contribution is 5.93. The second kappa shape index (κ2) is 8.52. The van der Waals surface area contributed by atoms with Gasteiger partial charge in [-0.2, -0.15) is 5.10 Å². The summed E-state index contributed by atoms with van der Waals surface area (Å²) >= 11 is 0. The van der Waals surface area contributed by atoms with E-state index >= 15 is 0 Å². The molecule has 2 N–H and O–H groups in total. The molecule has 5 nitrogen and oxygen atoms in total. The van der Waals surface area contributed by atoms with Crippen LogP contribution in [0.15, 0.2) is 54.6 Å². The molecule has 1 atom stereocenters. The Morgan fingerprint density at radius 2 is 2.00 bits per heavy atom. The maximum atomic E-state index is 13.0. The highest BCUT2D eigenvalue weighted by atomic mass is 16.3. The zero-order chi connectivity index (χ0) is 20.2. The highest BCUT2D eigenvalue weighted by Gasteiger charge is 2.25. The topological polar surface area (TPSA) is 69.2 Å². The van der Waals surface area contributed by atoms with E-state index in [1.165, 1.54) is 17.5 Å². The fourth-order valence-corrected chi connectivity index (χ4v) is 4.12. The first-order valence-electron chi connectivity index (χ1n) is 10.3. The summed E-state index contributed by atoms with van der Waals surface area (Å²) in [6.07, 6.45) is 4.39. The summed E-state index contributed by atoms with van der Waals surface area (Å²) in [6.45, 7) is 3.77. The molecule has 0 aliphatic carbocycles. The van der Waals surface area contributed by atoms with Crippen molar-refractivity contribution in [1.29, 1.82) is 0 Å². The molecule has 0 bridgehead atoms. The van der Waals surface area contributed by atoms with Crippen molar-refractivity contribution < 1.29 is 9.90 Å². The zero-order valence-electron chi connectivity index (χ0n) is 16.8. The largest absolute Gasteiger partial charge is 0.508 e. The molecule has 29 heavy (non-hydrogen) atoms. The number of hydrogen-bond donors (Lipinski definition) is 2. The number of aromatic nitrogens is 2. The lowest BCUT2D eigenvalue weighted by Gasteiger charge is -2.32. The number of aromatic amines is 1. The van der Waals surface area contributed by atoms with Gasteiger partial charge in [0, 0.05) is 18.7 Å². The van der Waals surface area contributed by atoms with Gasteiger partial charge in [0.15, 0.2) is 0 Å². The van der Waals surface area contributed by atoms with Gasteiger partial charge in [0.05, 0.1) is 5.69 Å². The molecule has 3 aromatic rings. The molecule has 2 heterocycles. The number of nitrogens with zero attached hydrogens (tertiary/aromatic N) is 2. The van der Waals surface area contributed by atoms with E-state index in [1.54, 1.807) is 30.3 Å². The van der Waals surface area contributed by atoms with Crippen molar-refractivity contribution in [2.75, 3.05) is 13.1 Å². The molecule has 0 unspecified atom stereocenters. The SMILES string of the molecule is Cc1ccccc1CC[C@H]1CCCN(C(=O)c2cc(-c3ccc(O)cc3)n[nH]2)C1. The molecule has 1 saturated heterocycles. The number of likely N-dealkylation sites (tertiary alicyclic amines) is 1. The summed E-state index contributed by atoms with van der Waals surface area (Å²) in [4.78, 5) is 14.9. The minimum absolute atomic E-state index is 0.0168. The predicted octanol–water partition coefficient (Wildman–Crippen LogP) is 4.58. The summed E-state index contributed by atoms with van der Waals surface area (Å²) in [7, 11) is 0. The summed E-state index contributed by atoms with van der Waals surface area (Å²) in [5.74, 6) is 0.764. The average Bonchev–Trinajstić information content (AvgIpc) is 3.23. The number of rotatable bonds is 5. The molecule has 150 valence electrons. The van der Waals surface area contributed by atoms with Crippen molar-refractivity contribution in [1.82, 2.24) is 15.1 Å². The minimum Gasteiger partial charge on any atom is -0.508 e. The average molecular weight is 389 g/mol. The third kappa shape index (κ3) is 4.50. The van der Waals surface area contributed by atoms with Crippen LogP contribution in [-0.4, -0.2) is 39.2 Å². The molecule has 1 aliphatic rings. The fourth-order valence-electron chi connectivity index (χ4n) is 4.12. The second-order valence-electron chi connectivity index (χ2n) is 7.94. The summed E-state index contributed by atoms with van der Waals surface area (Å²) in [6, 6.07) is 17.2. The lowest BCUT2D eigenvalue weighted by Crippen LogP contribution is -2.40. The molecular formula is C24H27N3O2. The van der Waals surface area contributed by atoms with Crippen LogP contribution in [0.4, 0.5) is 0 Å². The molecule has 1 fully saturated rings. The minimum atomic E-state index is 0.0168. The van der Waals surface area contributed by atoms with E-state index < -0.39 is 0 Å². The van der Waals surface area contributed by atoms with Crippen LogP contribution in [0, 0.1) is 12.8 Å². The summed E-state index contributed by atoms with van der Waals surface area (Å²) in [5, 5.41) is 16.6. The van der Waals surface area contributed by atoms with Gasteiger partial charge in [-0.1, -0.05) is 24.3 Å². The Kier molecular flexibility index (Phi) is 5.65.